The van der Waals surface area contributed by atoms with Crippen LogP contribution in [-0.2, 0) is 0 Å². The lowest BCUT2D eigenvalue weighted by atomic mass is 10.2. The van der Waals surface area contributed by atoms with Gasteiger partial charge in [-0.3, -0.25) is 4.79 Å². The summed E-state index contributed by atoms with van der Waals surface area (Å²) in [6.07, 6.45) is 1.46. The molecule has 88 valence electrons. The molecular weight excluding hydrogens is 208 g/mol. The topological polar surface area (TPSA) is 62.7 Å². The number of pyridine rings is 1. The third kappa shape index (κ3) is 2.70. The predicted molar refractivity (Wildman–Crippen MR) is 59.4 cm³/mol. The Morgan fingerprint density at radius 3 is 2.75 bits per heavy atom. The molecule has 0 fully saturated rings. The molecule has 0 radical (unpaired) electrons. The third-order valence-electron chi connectivity index (χ3n) is 2.44. The summed E-state index contributed by atoms with van der Waals surface area (Å²) in [7, 11) is 3.16. The number of ether oxygens (including phenoxy) is 1. The molecule has 1 heterocycles. The summed E-state index contributed by atoms with van der Waals surface area (Å²) in [6, 6.07) is 3.06. The van der Waals surface area contributed by atoms with E-state index < -0.39 is 0 Å². The van der Waals surface area contributed by atoms with Crippen molar-refractivity contribution in [1.29, 1.82) is 0 Å². The highest BCUT2D eigenvalue weighted by atomic mass is 16.5. The van der Waals surface area contributed by atoms with Crippen LogP contribution in [0, 0.1) is 0 Å². The molecule has 1 atom stereocenters. The first-order valence-electron chi connectivity index (χ1n) is 4.98. The molecule has 1 aromatic rings. The first kappa shape index (κ1) is 12.4. The Labute approximate surface area is 94.7 Å². The minimum atomic E-state index is -0.213. The minimum Gasteiger partial charge on any atom is -0.481 e. The molecule has 1 unspecified atom stereocenters. The van der Waals surface area contributed by atoms with Gasteiger partial charge in [0.1, 0.15) is 0 Å². The number of aromatic nitrogens is 1. The number of rotatable bonds is 4. The number of nitrogens with zero attached hydrogens (tertiary/aromatic N) is 2. The monoisotopic (exact) mass is 224 g/mol. The second-order valence-corrected chi connectivity index (χ2v) is 3.54. The summed E-state index contributed by atoms with van der Waals surface area (Å²) < 4.78 is 4.90. The fourth-order valence-electron chi connectivity index (χ4n) is 1.15. The molecule has 0 saturated heterocycles. The first-order valence-corrected chi connectivity index (χ1v) is 4.98. The summed E-state index contributed by atoms with van der Waals surface area (Å²) in [5, 5.41) is 8.95. The van der Waals surface area contributed by atoms with E-state index in [1.54, 1.807) is 26.1 Å². The Kier molecular flexibility index (Phi) is 4.25. The molecule has 1 rings (SSSR count). The van der Waals surface area contributed by atoms with E-state index in [0.29, 0.717) is 11.4 Å². The van der Waals surface area contributed by atoms with Crippen LogP contribution in [0.2, 0.25) is 0 Å². The van der Waals surface area contributed by atoms with Gasteiger partial charge in [0, 0.05) is 19.3 Å². The van der Waals surface area contributed by atoms with Crippen LogP contribution < -0.4 is 4.74 Å². The molecule has 1 aromatic heterocycles. The Bertz CT molecular complexity index is 351. The van der Waals surface area contributed by atoms with Crippen molar-refractivity contribution in [2.24, 2.45) is 0 Å². The van der Waals surface area contributed by atoms with Gasteiger partial charge in [0.25, 0.3) is 5.91 Å². The molecule has 16 heavy (non-hydrogen) atoms. The molecule has 0 aliphatic carbocycles. The molecule has 0 aliphatic heterocycles. The quantitative estimate of drug-likeness (QED) is 0.811. The van der Waals surface area contributed by atoms with Gasteiger partial charge in [0.15, 0.2) is 0 Å². The maximum absolute atomic E-state index is 11.9. The zero-order valence-electron chi connectivity index (χ0n) is 9.67. The van der Waals surface area contributed by atoms with Crippen LogP contribution in [0.25, 0.3) is 0 Å². The van der Waals surface area contributed by atoms with E-state index in [-0.39, 0.29) is 18.6 Å². The summed E-state index contributed by atoms with van der Waals surface area (Å²) in [4.78, 5) is 17.3. The van der Waals surface area contributed by atoms with Gasteiger partial charge in [0.05, 0.1) is 25.3 Å². The standard InChI is InChI=1S/C11H16N2O3/c1-8(7-14)13(2)11(15)9-4-5-10(16-3)12-6-9/h4-6,8,14H,7H2,1-3H3. The highest BCUT2D eigenvalue weighted by molar-refractivity contribution is 5.93. The summed E-state index contributed by atoms with van der Waals surface area (Å²) in [5.41, 5.74) is 0.476. The Hall–Kier alpha value is -1.62. The van der Waals surface area contributed by atoms with Gasteiger partial charge in [0.2, 0.25) is 5.88 Å². The van der Waals surface area contributed by atoms with Crippen molar-refractivity contribution >= 4 is 5.91 Å². The summed E-state index contributed by atoms with van der Waals surface area (Å²) in [5.74, 6) is 0.297. The lowest BCUT2D eigenvalue weighted by molar-refractivity contribution is 0.0681. The van der Waals surface area contributed by atoms with Crippen LogP contribution in [0.5, 0.6) is 5.88 Å². The normalized spacial score (nSPS) is 12.0. The van der Waals surface area contributed by atoms with E-state index in [2.05, 4.69) is 4.98 Å². The first-order chi connectivity index (χ1) is 7.60. The Balaban J connectivity index is 2.80. The van der Waals surface area contributed by atoms with Crippen molar-refractivity contribution in [3.63, 3.8) is 0 Å². The summed E-state index contributed by atoms with van der Waals surface area (Å²) in [6.45, 7) is 1.71. The highest BCUT2D eigenvalue weighted by Crippen LogP contribution is 2.09. The van der Waals surface area contributed by atoms with Crippen molar-refractivity contribution in [3.05, 3.63) is 23.9 Å². The fourth-order valence-corrected chi connectivity index (χ4v) is 1.15. The molecular formula is C11H16N2O3. The van der Waals surface area contributed by atoms with Gasteiger partial charge in [-0.1, -0.05) is 0 Å². The molecule has 0 bridgehead atoms. The van der Waals surface area contributed by atoms with E-state index >= 15 is 0 Å². The maximum atomic E-state index is 11.9. The Morgan fingerprint density at radius 1 is 1.62 bits per heavy atom. The fraction of sp³-hybridized carbons (Fsp3) is 0.455. The van der Waals surface area contributed by atoms with Crippen molar-refractivity contribution in [3.8, 4) is 5.88 Å². The lowest BCUT2D eigenvalue weighted by Crippen LogP contribution is -2.37. The number of hydrogen-bond donors (Lipinski definition) is 1. The van der Waals surface area contributed by atoms with Crippen LogP contribution in [0.3, 0.4) is 0 Å². The van der Waals surface area contributed by atoms with E-state index in [1.165, 1.54) is 18.2 Å². The van der Waals surface area contributed by atoms with E-state index in [0.717, 1.165) is 0 Å². The second-order valence-electron chi connectivity index (χ2n) is 3.54. The highest BCUT2D eigenvalue weighted by Gasteiger charge is 2.16. The molecule has 5 nitrogen and oxygen atoms in total. The van der Waals surface area contributed by atoms with Crippen molar-refractivity contribution in [1.82, 2.24) is 9.88 Å². The molecule has 5 heteroatoms. The lowest BCUT2D eigenvalue weighted by Gasteiger charge is -2.22. The number of likely N-dealkylation sites (N-methyl/N-ethyl adjacent to an activating group) is 1. The van der Waals surface area contributed by atoms with Gasteiger partial charge in [-0.15, -0.1) is 0 Å². The molecule has 1 amide bonds. The minimum absolute atomic E-state index is 0.0637. The van der Waals surface area contributed by atoms with Gasteiger partial charge in [-0.05, 0) is 13.0 Å². The van der Waals surface area contributed by atoms with E-state index in [9.17, 15) is 4.79 Å². The zero-order valence-corrected chi connectivity index (χ0v) is 9.67. The SMILES string of the molecule is COc1ccc(C(=O)N(C)C(C)CO)cn1. The Morgan fingerprint density at radius 2 is 2.31 bits per heavy atom. The van der Waals surface area contributed by atoms with Crippen LogP contribution >= 0.6 is 0 Å². The maximum Gasteiger partial charge on any atom is 0.255 e. The largest absolute Gasteiger partial charge is 0.481 e. The number of methoxy groups -OCH3 is 1. The number of hydrogen-bond acceptors (Lipinski definition) is 4. The number of aliphatic hydroxyl groups is 1. The van der Waals surface area contributed by atoms with Crippen LogP contribution in [-0.4, -0.2) is 47.7 Å². The van der Waals surface area contributed by atoms with E-state index in [4.69, 9.17) is 9.84 Å². The van der Waals surface area contributed by atoms with Gasteiger partial charge < -0.3 is 14.7 Å². The number of carbonyl (C=O) groups excluding carboxylic acids is 1. The molecule has 0 saturated carbocycles. The average molecular weight is 224 g/mol. The third-order valence-corrected chi connectivity index (χ3v) is 2.44. The smallest absolute Gasteiger partial charge is 0.255 e. The van der Waals surface area contributed by atoms with Crippen LogP contribution in [0.4, 0.5) is 0 Å². The molecule has 0 spiro atoms. The number of amides is 1. The van der Waals surface area contributed by atoms with E-state index in [1.807, 2.05) is 0 Å². The second kappa shape index (κ2) is 5.46. The van der Waals surface area contributed by atoms with Gasteiger partial charge in [-0.2, -0.15) is 0 Å². The average Bonchev–Trinajstić information content (AvgIpc) is 2.36. The van der Waals surface area contributed by atoms with Crippen molar-refractivity contribution in [2.45, 2.75) is 13.0 Å². The van der Waals surface area contributed by atoms with Crippen LogP contribution in [0.15, 0.2) is 18.3 Å². The number of carbonyl (C=O) groups is 1. The van der Waals surface area contributed by atoms with Gasteiger partial charge in [-0.25, -0.2) is 4.98 Å². The van der Waals surface area contributed by atoms with Crippen molar-refractivity contribution in [2.75, 3.05) is 20.8 Å². The molecule has 1 N–H and O–H groups in total. The summed E-state index contributed by atoms with van der Waals surface area (Å²) >= 11 is 0. The van der Waals surface area contributed by atoms with Crippen LogP contribution in [0.1, 0.15) is 17.3 Å². The zero-order chi connectivity index (χ0) is 12.1. The van der Waals surface area contributed by atoms with Gasteiger partial charge >= 0.3 is 0 Å². The predicted octanol–water partition coefficient (Wildman–Crippen LogP) is 0.543. The number of aliphatic hydroxyl groups excluding tert-OH is 1. The molecule has 0 aromatic carbocycles. The molecule has 0 aliphatic rings. The van der Waals surface area contributed by atoms with Crippen molar-refractivity contribution < 1.29 is 14.6 Å².